The summed E-state index contributed by atoms with van der Waals surface area (Å²) in [6, 6.07) is 0. The molecule has 0 aromatic rings. The molecule has 0 spiro atoms. The van der Waals surface area contributed by atoms with Crippen molar-refractivity contribution in [2.45, 2.75) is 33.1 Å². The van der Waals surface area contributed by atoms with E-state index in [4.69, 9.17) is 4.74 Å². The number of rotatable bonds is 7. The van der Waals surface area contributed by atoms with Crippen LogP contribution in [0.2, 0.25) is 0 Å². The van der Waals surface area contributed by atoms with Crippen molar-refractivity contribution in [3.8, 4) is 0 Å². The Labute approximate surface area is 80.8 Å². The monoisotopic (exact) mass is 187 g/mol. The number of esters is 1. The Morgan fingerprint density at radius 2 is 2.15 bits per heavy atom. The van der Waals surface area contributed by atoms with Crippen molar-refractivity contribution >= 4 is 5.97 Å². The number of nitrogens with one attached hydrogen (secondary N) is 1. The molecule has 78 valence electrons. The first-order valence-electron chi connectivity index (χ1n) is 5.07. The van der Waals surface area contributed by atoms with E-state index < -0.39 is 0 Å². The van der Waals surface area contributed by atoms with Gasteiger partial charge in [0.25, 0.3) is 0 Å². The zero-order valence-electron chi connectivity index (χ0n) is 8.93. The third kappa shape index (κ3) is 5.64. The Bertz CT molecular complexity index is 137. The van der Waals surface area contributed by atoms with E-state index in [0.29, 0.717) is 13.2 Å². The molecule has 0 bridgehead atoms. The Morgan fingerprint density at radius 3 is 2.62 bits per heavy atom. The van der Waals surface area contributed by atoms with Crippen molar-refractivity contribution in [3.05, 3.63) is 0 Å². The SMILES string of the molecule is CCCCOC(=O)C(CC)CNC. The van der Waals surface area contributed by atoms with E-state index in [0.717, 1.165) is 19.3 Å². The van der Waals surface area contributed by atoms with Gasteiger partial charge in [0.1, 0.15) is 0 Å². The van der Waals surface area contributed by atoms with Crippen LogP contribution in [0.25, 0.3) is 0 Å². The van der Waals surface area contributed by atoms with Crippen molar-refractivity contribution < 1.29 is 9.53 Å². The third-order valence-electron chi connectivity index (χ3n) is 2.02. The molecular formula is C10H21NO2. The lowest BCUT2D eigenvalue weighted by molar-refractivity contribution is -0.148. The van der Waals surface area contributed by atoms with Gasteiger partial charge in [-0.05, 0) is 19.9 Å². The Balaban J connectivity index is 3.64. The molecule has 0 saturated carbocycles. The van der Waals surface area contributed by atoms with Crippen LogP contribution < -0.4 is 5.32 Å². The van der Waals surface area contributed by atoms with Crippen molar-refractivity contribution in [1.82, 2.24) is 5.32 Å². The lowest BCUT2D eigenvalue weighted by Crippen LogP contribution is -2.27. The van der Waals surface area contributed by atoms with Gasteiger partial charge in [-0.2, -0.15) is 0 Å². The molecule has 0 aromatic heterocycles. The lowest BCUT2D eigenvalue weighted by atomic mass is 10.1. The van der Waals surface area contributed by atoms with Crippen LogP contribution in [0, 0.1) is 5.92 Å². The molecule has 0 saturated heterocycles. The first kappa shape index (κ1) is 12.4. The fourth-order valence-corrected chi connectivity index (χ4v) is 1.08. The number of unbranched alkanes of at least 4 members (excludes halogenated alkanes) is 1. The summed E-state index contributed by atoms with van der Waals surface area (Å²) < 4.78 is 5.11. The molecule has 0 aliphatic heterocycles. The first-order chi connectivity index (χ1) is 6.26. The quantitative estimate of drug-likeness (QED) is 0.485. The molecule has 0 amide bonds. The summed E-state index contributed by atoms with van der Waals surface area (Å²) in [5, 5.41) is 2.99. The normalized spacial score (nSPS) is 12.5. The van der Waals surface area contributed by atoms with E-state index in [-0.39, 0.29) is 11.9 Å². The summed E-state index contributed by atoms with van der Waals surface area (Å²) in [7, 11) is 1.85. The van der Waals surface area contributed by atoms with E-state index in [9.17, 15) is 4.79 Å². The molecule has 0 rings (SSSR count). The molecule has 0 fully saturated rings. The van der Waals surface area contributed by atoms with Gasteiger partial charge in [-0.15, -0.1) is 0 Å². The van der Waals surface area contributed by atoms with E-state index >= 15 is 0 Å². The van der Waals surface area contributed by atoms with Crippen molar-refractivity contribution in [2.24, 2.45) is 5.92 Å². The van der Waals surface area contributed by atoms with Gasteiger partial charge in [-0.1, -0.05) is 20.3 Å². The van der Waals surface area contributed by atoms with Gasteiger partial charge >= 0.3 is 5.97 Å². The average Bonchev–Trinajstić information content (AvgIpc) is 2.14. The summed E-state index contributed by atoms with van der Waals surface area (Å²) in [4.78, 5) is 11.4. The van der Waals surface area contributed by atoms with Crippen LogP contribution in [0.3, 0.4) is 0 Å². The Kier molecular flexibility index (Phi) is 7.69. The molecule has 3 heteroatoms. The minimum atomic E-state index is -0.0645. The lowest BCUT2D eigenvalue weighted by Gasteiger charge is -2.12. The number of carbonyl (C=O) groups excluding carboxylic acids is 1. The Hall–Kier alpha value is -0.570. The van der Waals surface area contributed by atoms with E-state index in [1.807, 2.05) is 14.0 Å². The molecule has 0 radical (unpaired) electrons. The van der Waals surface area contributed by atoms with Gasteiger partial charge in [-0.3, -0.25) is 4.79 Å². The van der Waals surface area contributed by atoms with Crippen LogP contribution in [0.5, 0.6) is 0 Å². The molecule has 0 aliphatic rings. The summed E-state index contributed by atoms with van der Waals surface area (Å²) in [6.07, 6.45) is 2.86. The van der Waals surface area contributed by atoms with Crippen molar-refractivity contribution in [1.29, 1.82) is 0 Å². The second-order valence-electron chi connectivity index (χ2n) is 3.18. The van der Waals surface area contributed by atoms with E-state index in [2.05, 4.69) is 12.2 Å². The van der Waals surface area contributed by atoms with E-state index in [1.165, 1.54) is 0 Å². The minimum Gasteiger partial charge on any atom is -0.465 e. The number of hydrogen-bond acceptors (Lipinski definition) is 3. The smallest absolute Gasteiger partial charge is 0.310 e. The zero-order chi connectivity index (χ0) is 10.1. The van der Waals surface area contributed by atoms with Gasteiger partial charge in [0, 0.05) is 6.54 Å². The maximum atomic E-state index is 11.4. The van der Waals surface area contributed by atoms with Crippen LogP contribution in [-0.2, 0) is 9.53 Å². The second kappa shape index (κ2) is 8.05. The fraction of sp³-hybridized carbons (Fsp3) is 0.900. The predicted molar refractivity (Wildman–Crippen MR) is 53.6 cm³/mol. The number of hydrogen-bond donors (Lipinski definition) is 1. The molecule has 13 heavy (non-hydrogen) atoms. The molecule has 1 N–H and O–H groups in total. The summed E-state index contributed by atoms with van der Waals surface area (Å²) >= 11 is 0. The standard InChI is InChI=1S/C10H21NO2/c1-4-6-7-13-10(12)9(5-2)8-11-3/h9,11H,4-8H2,1-3H3. The third-order valence-corrected chi connectivity index (χ3v) is 2.02. The van der Waals surface area contributed by atoms with Gasteiger partial charge in [0.15, 0.2) is 0 Å². The van der Waals surface area contributed by atoms with Crippen LogP contribution >= 0.6 is 0 Å². The molecular weight excluding hydrogens is 166 g/mol. The maximum Gasteiger partial charge on any atom is 0.310 e. The van der Waals surface area contributed by atoms with Crippen LogP contribution in [0.15, 0.2) is 0 Å². The highest BCUT2D eigenvalue weighted by atomic mass is 16.5. The summed E-state index contributed by atoms with van der Waals surface area (Å²) in [6.45, 7) is 5.36. The largest absolute Gasteiger partial charge is 0.465 e. The summed E-state index contributed by atoms with van der Waals surface area (Å²) in [5.74, 6) is -0.0489. The first-order valence-corrected chi connectivity index (χ1v) is 5.07. The highest BCUT2D eigenvalue weighted by Crippen LogP contribution is 2.04. The minimum absolute atomic E-state index is 0.0156. The molecule has 1 unspecified atom stereocenters. The van der Waals surface area contributed by atoms with Gasteiger partial charge in [0.05, 0.1) is 12.5 Å². The summed E-state index contributed by atoms with van der Waals surface area (Å²) in [5.41, 5.74) is 0. The van der Waals surface area contributed by atoms with Gasteiger partial charge in [-0.25, -0.2) is 0 Å². The fourth-order valence-electron chi connectivity index (χ4n) is 1.08. The van der Waals surface area contributed by atoms with Gasteiger partial charge in [0.2, 0.25) is 0 Å². The molecule has 0 aromatic carbocycles. The van der Waals surface area contributed by atoms with Gasteiger partial charge < -0.3 is 10.1 Å². The van der Waals surface area contributed by atoms with Crippen LogP contribution in [0.1, 0.15) is 33.1 Å². The highest BCUT2D eigenvalue weighted by molar-refractivity contribution is 5.72. The Morgan fingerprint density at radius 1 is 1.46 bits per heavy atom. The van der Waals surface area contributed by atoms with Crippen LogP contribution in [-0.4, -0.2) is 26.2 Å². The van der Waals surface area contributed by atoms with Crippen molar-refractivity contribution in [2.75, 3.05) is 20.2 Å². The molecule has 3 nitrogen and oxygen atoms in total. The number of carbonyl (C=O) groups is 1. The average molecular weight is 187 g/mol. The molecule has 0 heterocycles. The van der Waals surface area contributed by atoms with E-state index in [1.54, 1.807) is 0 Å². The predicted octanol–water partition coefficient (Wildman–Crippen LogP) is 1.58. The molecule has 1 atom stereocenters. The maximum absolute atomic E-state index is 11.4. The number of ether oxygens (including phenoxy) is 1. The van der Waals surface area contributed by atoms with Crippen LogP contribution in [0.4, 0.5) is 0 Å². The topological polar surface area (TPSA) is 38.3 Å². The molecule has 0 aliphatic carbocycles. The highest BCUT2D eigenvalue weighted by Gasteiger charge is 2.16. The zero-order valence-corrected chi connectivity index (χ0v) is 8.93. The van der Waals surface area contributed by atoms with Crippen molar-refractivity contribution in [3.63, 3.8) is 0 Å². The second-order valence-corrected chi connectivity index (χ2v) is 3.18.